The number of nitriles is 2. The predicted octanol–water partition coefficient (Wildman–Crippen LogP) is 18.2. The summed E-state index contributed by atoms with van der Waals surface area (Å²) >= 11 is 9.69. The standard InChI is InChI=1S/C10H12.C9H10.C8H8.C5H5NO2.C5H8O2.C4H6O2.C4H8.C4H6.C3H3N.2C3H6.C2H2Cl2.C2H4/c1-3-9(2)10-7-5-4-6-8-10;1-8(2)9-6-4-3-5-7-9;1-2-8-6-4-3-5-7-8;1-4(3-6)5(7)8-2;1-4(2)5(6)7-3;1-3-4(5)6-2;1-4(2)3;1-3-4-2;1-2-3-4;2*1-3-2;1-2(3)4;1-2/h3-8H,1-2H3;3-7H,1H2,2H3;2-7H,1H2;1H2,2H3;1H2,2-3H3;3H,1H2,2H3;1H2,2-3H3;3-4H,1-2H2;2H,1H2;2*3H,1H2,2H3;1H2;1-2H2/b9-3+;;;;;;;;;;;;. The molecule has 0 aliphatic heterocycles. The van der Waals surface area contributed by atoms with Gasteiger partial charge in [-0.15, -0.1) is 32.9 Å². The summed E-state index contributed by atoms with van der Waals surface area (Å²) < 4.78 is 12.7. The van der Waals surface area contributed by atoms with Crippen molar-refractivity contribution < 1.29 is 28.6 Å². The number of rotatable bonds is 7. The van der Waals surface area contributed by atoms with Gasteiger partial charge in [-0.25, -0.2) is 14.4 Å². The summed E-state index contributed by atoms with van der Waals surface area (Å²) in [5.41, 5.74) is 7.58. The first-order valence-corrected chi connectivity index (χ1v) is 21.9. The van der Waals surface area contributed by atoms with Gasteiger partial charge >= 0.3 is 17.9 Å². The summed E-state index contributed by atoms with van der Waals surface area (Å²) in [7, 11) is 3.84. The maximum Gasteiger partial charge on any atom is 0.347 e. The molecule has 0 saturated carbocycles. The molecule has 0 spiro atoms. The molecule has 0 N–H and O–H groups in total. The Morgan fingerprint density at radius 1 is 0.569 bits per heavy atom. The summed E-state index contributed by atoms with van der Waals surface area (Å²) in [5, 5.41) is 15.5. The summed E-state index contributed by atoms with van der Waals surface area (Å²) in [6.07, 6.45) is 13.0. The summed E-state index contributed by atoms with van der Waals surface area (Å²) in [4.78, 5) is 30.2. The Morgan fingerprint density at radius 2 is 0.875 bits per heavy atom. The van der Waals surface area contributed by atoms with Crippen molar-refractivity contribution in [1.82, 2.24) is 0 Å². The lowest BCUT2D eigenvalue weighted by molar-refractivity contribution is -0.136. The molecule has 0 heterocycles. The van der Waals surface area contributed by atoms with Gasteiger partial charge in [0.25, 0.3) is 0 Å². The third kappa shape index (κ3) is 100. The molecule has 3 aromatic rings. The molecule has 0 unspecified atom stereocenters. The first kappa shape index (κ1) is 87.1. The van der Waals surface area contributed by atoms with Gasteiger partial charge in [-0.05, 0) is 77.7 Å². The number of halogens is 2. The normalized spacial score (nSPS) is 7.40. The summed E-state index contributed by atoms with van der Waals surface area (Å²) in [5.74, 6) is -1.41. The number of carbonyl (C=O) groups excluding carboxylic acids is 3. The number of methoxy groups -OCH3 is 3. The molecule has 3 rings (SSSR count). The monoisotopic (exact) mass is 1020 g/mol. The number of benzene rings is 3. The number of ether oxygens (including phenoxy) is 3. The van der Waals surface area contributed by atoms with Crippen LogP contribution in [0, 0.1) is 22.7 Å². The van der Waals surface area contributed by atoms with E-state index in [-0.39, 0.29) is 16.0 Å². The van der Waals surface area contributed by atoms with E-state index in [4.69, 9.17) is 33.7 Å². The molecule has 0 fully saturated rings. The van der Waals surface area contributed by atoms with Crippen LogP contribution in [-0.4, -0.2) is 39.2 Å². The van der Waals surface area contributed by atoms with Gasteiger partial charge in [0, 0.05) is 17.7 Å². The summed E-state index contributed by atoms with van der Waals surface area (Å²) in [6.45, 7) is 61.8. The van der Waals surface area contributed by atoms with E-state index in [0.717, 1.165) is 11.6 Å². The molecular formula is C62H84Cl2N2O6. The van der Waals surface area contributed by atoms with Crippen LogP contribution >= 0.6 is 23.2 Å². The molecule has 0 aliphatic carbocycles. The van der Waals surface area contributed by atoms with Crippen LogP contribution in [-0.2, 0) is 28.6 Å². The van der Waals surface area contributed by atoms with Gasteiger partial charge in [0.15, 0.2) is 0 Å². The highest BCUT2D eigenvalue weighted by molar-refractivity contribution is 6.55. The Balaban J connectivity index is -0.0000000740. The van der Waals surface area contributed by atoms with Gasteiger partial charge < -0.3 is 14.2 Å². The number of hydrogen-bond acceptors (Lipinski definition) is 8. The average Bonchev–Trinajstić information content (AvgIpc) is 3.39. The van der Waals surface area contributed by atoms with E-state index in [1.54, 1.807) is 43.4 Å². The van der Waals surface area contributed by atoms with Crippen molar-refractivity contribution in [3.63, 3.8) is 0 Å². The predicted molar refractivity (Wildman–Crippen MR) is 320 cm³/mol. The second-order valence-electron chi connectivity index (χ2n) is 12.3. The molecule has 0 atom stereocenters. The second-order valence-corrected chi connectivity index (χ2v) is 13.5. The van der Waals surface area contributed by atoms with E-state index in [9.17, 15) is 14.4 Å². The first-order chi connectivity index (χ1) is 33.9. The van der Waals surface area contributed by atoms with Crippen molar-refractivity contribution in [3.8, 4) is 12.1 Å². The molecule has 10 heteroatoms. The van der Waals surface area contributed by atoms with Crippen LogP contribution in [0.5, 0.6) is 0 Å². The molecule has 0 radical (unpaired) electrons. The molecule has 0 amide bonds. The van der Waals surface area contributed by atoms with Gasteiger partial charge in [-0.3, -0.25) is 0 Å². The lowest BCUT2D eigenvalue weighted by Crippen LogP contribution is -2.00. The average molecular weight is 1020 g/mol. The van der Waals surface area contributed by atoms with Crippen LogP contribution in [0.25, 0.3) is 17.2 Å². The Labute approximate surface area is 447 Å². The van der Waals surface area contributed by atoms with Crippen molar-refractivity contribution in [3.05, 3.63) is 264 Å². The molecule has 3 aromatic carbocycles. The minimum atomic E-state index is -0.674. The van der Waals surface area contributed by atoms with E-state index >= 15 is 0 Å². The first-order valence-electron chi connectivity index (χ1n) is 21.1. The highest BCUT2D eigenvalue weighted by Crippen LogP contribution is 2.11. The van der Waals surface area contributed by atoms with Gasteiger partial charge in [0.1, 0.15) is 11.6 Å². The molecule has 0 bridgehead atoms. The van der Waals surface area contributed by atoms with Crippen LogP contribution in [0.4, 0.5) is 0 Å². The van der Waals surface area contributed by atoms with Crippen molar-refractivity contribution in [2.24, 2.45) is 0 Å². The van der Waals surface area contributed by atoms with E-state index in [1.165, 1.54) is 55.2 Å². The third-order valence-corrected chi connectivity index (χ3v) is 5.69. The van der Waals surface area contributed by atoms with Crippen molar-refractivity contribution in [2.75, 3.05) is 21.3 Å². The Kier molecular flexibility index (Phi) is 93.4. The number of hydrogen-bond donors (Lipinski definition) is 0. The lowest BCUT2D eigenvalue weighted by atomic mass is 10.1. The zero-order valence-electron chi connectivity index (χ0n) is 45.3. The molecule has 392 valence electrons. The second kappa shape index (κ2) is 77.2. The lowest BCUT2D eigenvalue weighted by Gasteiger charge is -1.97. The smallest absolute Gasteiger partial charge is 0.347 e. The third-order valence-electron chi connectivity index (χ3n) is 5.69. The largest absolute Gasteiger partial charge is 0.466 e. The fraction of sp³-hybridized carbons (Fsp3) is 0.177. The van der Waals surface area contributed by atoms with Crippen LogP contribution in [0.2, 0.25) is 0 Å². The van der Waals surface area contributed by atoms with Gasteiger partial charge in [-0.1, -0.05) is 221 Å². The fourth-order valence-electron chi connectivity index (χ4n) is 2.61. The topological polar surface area (TPSA) is 126 Å². The fourth-order valence-corrected chi connectivity index (χ4v) is 2.61. The quantitative estimate of drug-likeness (QED) is 0.0572. The Morgan fingerprint density at radius 3 is 1.00 bits per heavy atom. The summed E-state index contributed by atoms with van der Waals surface area (Å²) in [6, 6.07) is 33.8. The highest BCUT2D eigenvalue weighted by atomic mass is 35.5. The molecule has 72 heavy (non-hydrogen) atoms. The molecule has 0 aliphatic rings. The van der Waals surface area contributed by atoms with Crippen molar-refractivity contribution in [1.29, 1.82) is 10.5 Å². The zero-order valence-corrected chi connectivity index (χ0v) is 46.8. The van der Waals surface area contributed by atoms with Crippen LogP contribution < -0.4 is 0 Å². The minimum Gasteiger partial charge on any atom is -0.466 e. The number of allylic oxidation sites excluding steroid dienone is 9. The molecular weight excluding hydrogens is 940 g/mol. The zero-order chi connectivity index (χ0) is 58.7. The molecule has 0 saturated heterocycles. The Bertz CT molecular complexity index is 2020. The van der Waals surface area contributed by atoms with E-state index in [2.05, 4.69) is 163 Å². The van der Waals surface area contributed by atoms with Crippen LogP contribution in [0.3, 0.4) is 0 Å². The molecule has 8 nitrogen and oxygen atoms in total. The Hall–Kier alpha value is -8.01. The highest BCUT2D eigenvalue weighted by Gasteiger charge is 2.02. The van der Waals surface area contributed by atoms with E-state index in [1.807, 2.05) is 95.3 Å². The number of esters is 3. The van der Waals surface area contributed by atoms with Crippen molar-refractivity contribution in [2.45, 2.75) is 55.4 Å². The van der Waals surface area contributed by atoms with Gasteiger partial charge in [-0.2, -0.15) is 10.5 Å². The minimum absolute atomic E-state index is 0.111. The van der Waals surface area contributed by atoms with Gasteiger partial charge in [0.05, 0.1) is 31.9 Å². The number of nitrogens with zero attached hydrogens (tertiary/aromatic N) is 2. The van der Waals surface area contributed by atoms with E-state index in [0.29, 0.717) is 5.57 Å². The molecule has 0 aromatic heterocycles. The number of carbonyl (C=O) groups is 3. The van der Waals surface area contributed by atoms with Crippen LogP contribution in [0.15, 0.2) is 247 Å². The van der Waals surface area contributed by atoms with E-state index < -0.39 is 11.9 Å². The van der Waals surface area contributed by atoms with Crippen LogP contribution in [0.1, 0.15) is 72.1 Å². The van der Waals surface area contributed by atoms with Gasteiger partial charge in [0.2, 0.25) is 0 Å². The maximum absolute atomic E-state index is 10.2. The van der Waals surface area contributed by atoms with Crippen molar-refractivity contribution >= 4 is 58.3 Å². The maximum atomic E-state index is 10.2. The SMILES string of the molecule is C/C=C(\C)c1ccccc1.C=C.C=C(C#N)C(=O)OC.C=C(C)C.C=C(C)C(=O)OC.C=C(C)c1ccccc1.C=C(Cl)Cl.C=CC.C=CC.C=CC#N.C=CC(=O)OC.C=CC=C.C=Cc1ccccc1.